The molecule has 1 heteroatoms. The fourth-order valence-corrected chi connectivity index (χ4v) is 7.23. The molecule has 0 atom stereocenters. The van der Waals surface area contributed by atoms with E-state index in [1.54, 1.807) is 0 Å². The van der Waals surface area contributed by atoms with E-state index in [4.69, 9.17) is 0 Å². The highest BCUT2D eigenvalue weighted by atomic mass is 15.1. The van der Waals surface area contributed by atoms with E-state index >= 15 is 0 Å². The Balaban J connectivity index is 1.15. The first-order chi connectivity index (χ1) is 23.7. The summed E-state index contributed by atoms with van der Waals surface area (Å²) in [5.41, 5.74) is 12.1. The summed E-state index contributed by atoms with van der Waals surface area (Å²) in [6.07, 6.45) is 13.1. The highest BCUT2D eigenvalue weighted by molar-refractivity contribution is 5.96. The first-order valence-electron chi connectivity index (χ1n) is 17.3. The molecule has 0 amide bonds. The van der Waals surface area contributed by atoms with Crippen molar-refractivity contribution in [2.75, 3.05) is 4.90 Å². The van der Waals surface area contributed by atoms with Crippen LogP contribution in [0, 0.1) is 0 Å². The molecule has 6 aromatic rings. The van der Waals surface area contributed by atoms with E-state index in [-0.39, 0.29) is 0 Å². The number of anilines is 2. The molecule has 1 saturated carbocycles. The second-order valence-electron chi connectivity index (χ2n) is 12.9. The van der Waals surface area contributed by atoms with Gasteiger partial charge in [-0.3, -0.25) is 0 Å². The third-order valence-electron chi connectivity index (χ3n) is 9.83. The van der Waals surface area contributed by atoms with Gasteiger partial charge in [0.05, 0.1) is 0 Å². The van der Waals surface area contributed by atoms with Gasteiger partial charge in [0.2, 0.25) is 0 Å². The number of fused-ring (bicyclic) bond motifs is 1. The van der Waals surface area contributed by atoms with Crippen LogP contribution >= 0.6 is 0 Å². The minimum Gasteiger partial charge on any atom is -0.315 e. The lowest BCUT2D eigenvalue weighted by Crippen LogP contribution is -2.14. The molecule has 7 rings (SSSR count). The van der Waals surface area contributed by atoms with E-state index in [9.17, 15) is 0 Å². The molecule has 0 radical (unpaired) electrons. The van der Waals surface area contributed by atoms with Crippen LogP contribution in [-0.4, -0.2) is 0 Å². The molecule has 0 spiro atoms. The van der Waals surface area contributed by atoms with E-state index in [0.717, 1.165) is 22.6 Å². The zero-order valence-corrected chi connectivity index (χ0v) is 27.9. The first kappa shape index (κ1) is 31.2. The molecule has 1 aliphatic rings. The van der Waals surface area contributed by atoms with Gasteiger partial charge in [-0.15, -0.1) is 0 Å². The lowest BCUT2D eigenvalue weighted by Gasteiger charge is -2.26. The third-order valence-corrected chi connectivity index (χ3v) is 9.83. The van der Waals surface area contributed by atoms with Gasteiger partial charge in [0.15, 0.2) is 0 Å². The van der Waals surface area contributed by atoms with Crippen LogP contribution in [0.3, 0.4) is 0 Å². The molecule has 0 aromatic heterocycles. The van der Waals surface area contributed by atoms with Gasteiger partial charge < -0.3 is 4.90 Å². The zero-order valence-electron chi connectivity index (χ0n) is 27.9. The second kappa shape index (κ2) is 14.6. The fourth-order valence-electron chi connectivity index (χ4n) is 7.23. The average molecular weight is 622 g/mol. The Morgan fingerprint density at radius 3 is 1.98 bits per heavy atom. The second-order valence-corrected chi connectivity index (χ2v) is 12.9. The number of hydrogen-bond acceptors (Lipinski definition) is 1. The van der Waals surface area contributed by atoms with Crippen LogP contribution < -0.4 is 4.90 Å². The smallest absolute Gasteiger partial charge is 0.0458 e. The van der Waals surface area contributed by atoms with E-state index in [1.807, 2.05) is 6.08 Å². The van der Waals surface area contributed by atoms with Crippen molar-refractivity contribution < 1.29 is 0 Å². The number of hydrogen-bond donors (Lipinski definition) is 0. The SMILES string of the molecule is C=C/C(=C\C=C(/C)N(c1ccccc1)c1ccc(-c2ccc(-c3cccc4ccccc34)cc2)cc1)c1cccc(C2CCCCC2)c1. The number of rotatable bonds is 9. The number of allylic oxidation sites excluding steroid dienone is 5. The Kier molecular flexibility index (Phi) is 9.48. The molecule has 0 N–H and O–H groups in total. The molecular formula is C47H43N. The van der Waals surface area contributed by atoms with Crippen LogP contribution in [0.2, 0.25) is 0 Å². The van der Waals surface area contributed by atoms with Crippen molar-refractivity contribution in [2.24, 2.45) is 0 Å². The maximum atomic E-state index is 4.18. The molecule has 1 nitrogen and oxygen atoms in total. The van der Waals surface area contributed by atoms with Gasteiger partial charge in [-0.05, 0) is 106 Å². The summed E-state index contributed by atoms with van der Waals surface area (Å²) in [7, 11) is 0. The van der Waals surface area contributed by atoms with Gasteiger partial charge >= 0.3 is 0 Å². The molecule has 1 aliphatic carbocycles. The largest absolute Gasteiger partial charge is 0.315 e. The molecule has 0 heterocycles. The van der Waals surface area contributed by atoms with Crippen molar-refractivity contribution in [1.82, 2.24) is 0 Å². The molecule has 6 aromatic carbocycles. The Morgan fingerprint density at radius 1 is 0.604 bits per heavy atom. The Morgan fingerprint density at radius 2 is 1.23 bits per heavy atom. The minimum absolute atomic E-state index is 0.681. The first-order valence-corrected chi connectivity index (χ1v) is 17.3. The lowest BCUT2D eigenvalue weighted by molar-refractivity contribution is 0.443. The Bertz CT molecular complexity index is 2050. The summed E-state index contributed by atoms with van der Waals surface area (Å²) >= 11 is 0. The number of benzene rings is 6. The molecule has 0 unspecified atom stereocenters. The van der Waals surface area contributed by atoms with Crippen molar-refractivity contribution in [1.29, 1.82) is 0 Å². The van der Waals surface area contributed by atoms with Crippen LogP contribution in [0.25, 0.3) is 38.6 Å². The minimum atomic E-state index is 0.681. The van der Waals surface area contributed by atoms with Crippen molar-refractivity contribution in [3.8, 4) is 22.3 Å². The summed E-state index contributed by atoms with van der Waals surface area (Å²) in [4.78, 5) is 2.32. The highest BCUT2D eigenvalue weighted by Gasteiger charge is 2.16. The average Bonchev–Trinajstić information content (AvgIpc) is 3.16. The van der Waals surface area contributed by atoms with Gasteiger partial charge in [-0.2, -0.15) is 0 Å². The van der Waals surface area contributed by atoms with Crippen molar-refractivity contribution in [3.05, 3.63) is 187 Å². The molecule has 236 valence electrons. The normalized spacial score (nSPS) is 14.2. The van der Waals surface area contributed by atoms with Crippen molar-refractivity contribution >= 4 is 27.7 Å². The fraction of sp³-hybridized carbons (Fsp3) is 0.149. The standard InChI is InChI=1S/C47H43N/c1-3-36(42-18-12-19-43(34-42)37-14-6-4-7-15-37)25-24-35(2)48(44-20-8-5-9-21-44)45-32-30-39(31-33-45)38-26-28-41(29-27-38)47-23-13-17-40-16-10-11-22-46(40)47/h3,5,8-13,16-34,37H,1,4,6-7,14-15H2,2H3/b35-24+,36-25+. The lowest BCUT2D eigenvalue weighted by atomic mass is 9.83. The topological polar surface area (TPSA) is 3.24 Å². The molecule has 48 heavy (non-hydrogen) atoms. The van der Waals surface area contributed by atoms with Gasteiger partial charge in [0.1, 0.15) is 0 Å². The predicted octanol–water partition coefficient (Wildman–Crippen LogP) is 13.5. The molecule has 0 aliphatic heterocycles. The quantitative estimate of drug-likeness (QED) is 0.145. The van der Waals surface area contributed by atoms with Crippen LogP contribution in [0.4, 0.5) is 11.4 Å². The maximum absolute atomic E-state index is 4.18. The van der Waals surface area contributed by atoms with Crippen LogP contribution in [0.5, 0.6) is 0 Å². The number of para-hydroxylation sites is 1. The Labute approximate surface area is 286 Å². The summed E-state index contributed by atoms with van der Waals surface area (Å²) in [6.45, 7) is 6.37. The van der Waals surface area contributed by atoms with Gasteiger partial charge in [-0.25, -0.2) is 0 Å². The summed E-state index contributed by atoms with van der Waals surface area (Å²) in [5, 5.41) is 2.55. The maximum Gasteiger partial charge on any atom is 0.0458 e. The van der Waals surface area contributed by atoms with Crippen molar-refractivity contribution in [3.63, 3.8) is 0 Å². The van der Waals surface area contributed by atoms with Gasteiger partial charge in [0, 0.05) is 17.1 Å². The van der Waals surface area contributed by atoms with Crippen LogP contribution in [0.15, 0.2) is 176 Å². The predicted molar refractivity (Wildman–Crippen MR) is 208 cm³/mol. The van der Waals surface area contributed by atoms with E-state index in [0.29, 0.717) is 5.92 Å². The van der Waals surface area contributed by atoms with Crippen LogP contribution in [0.1, 0.15) is 56.1 Å². The van der Waals surface area contributed by atoms with Crippen LogP contribution in [-0.2, 0) is 0 Å². The molecule has 1 fully saturated rings. The highest BCUT2D eigenvalue weighted by Crippen LogP contribution is 2.36. The third kappa shape index (κ3) is 6.82. The molecular weight excluding hydrogens is 579 g/mol. The Hall–Kier alpha value is -5.40. The molecule has 0 saturated heterocycles. The zero-order chi connectivity index (χ0) is 32.7. The molecule has 0 bridgehead atoms. The van der Waals surface area contributed by atoms with Gasteiger partial charge in [-0.1, -0.05) is 159 Å². The monoisotopic (exact) mass is 621 g/mol. The number of nitrogens with zero attached hydrogens (tertiary/aromatic N) is 1. The van der Waals surface area contributed by atoms with E-state index in [1.165, 1.54) is 76.3 Å². The van der Waals surface area contributed by atoms with Crippen molar-refractivity contribution in [2.45, 2.75) is 44.9 Å². The summed E-state index contributed by atoms with van der Waals surface area (Å²) in [5.74, 6) is 0.681. The van der Waals surface area contributed by atoms with E-state index < -0.39 is 0 Å². The summed E-state index contributed by atoms with van der Waals surface area (Å²) < 4.78 is 0. The van der Waals surface area contributed by atoms with E-state index in [2.05, 4.69) is 176 Å². The van der Waals surface area contributed by atoms with Gasteiger partial charge in [0.25, 0.3) is 0 Å². The summed E-state index contributed by atoms with van der Waals surface area (Å²) in [6, 6.07) is 52.7.